The molecule has 0 fully saturated rings. The van der Waals surface area contributed by atoms with Crippen LogP contribution in [0.25, 0.3) is 10.6 Å². The molecule has 6 nitrogen and oxygen atoms in total. The summed E-state index contributed by atoms with van der Waals surface area (Å²) in [5.41, 5.74) is 9.23. The van der Waals surface area contributed by atoms with Gasteiger partial charge < -0.3 is 15.2 Å². The molecule has 0 amide bonds. The second-order valence-electron chi connectivity index (χ2n) is 7.17. The van der Waals surface area contributed by atoms with Crippen molar-refractivity contribution in [2.24, 2.45) is 5.73 Å². The summed E-state index contributed by atoms with van der Waals surface area (Å²) in [6.07, 6.45) is 0. The van der Waals surface area contributed by atoms with Crippen molar-refractivity contribution >= 4 is 11.3 Å². The highest BCUT2D eigenvalue weighted by Crippen LogP contribution is 2.46. The van der Waals surface area contributed by atoms with E-state index < -0.39 is 5.92 Å². The van der Waals surface area contributed by atoms with E-state index in [-0.39, 0.29) is 18.3 Å². The second kappa shape index (κ2) is 8.21. The van der Waals surface area contributed by atoms with Crippen LogP contribution in [0.15, 0.2) is 77.5 Å². The van der Waals surface area contributed by atoms with Crippen LogP contribution in [0.2, 0.25) is 0 Å². The molecule has 3 N–H and O–H groups in total. The molecule has 1 aliphatic heterocycles. The first kappa shape index (κ1) is 19.8. The van der Waals surface area contributed by atoms with Crippen molar-refractivity contribution in [2.75, 3.05) is 0 Å². The standard InChI is InChI=1S/C24H17FN4O2S/c25-18-5-2-1-4-15(18)13-30-16-9-7-14(8-10-16)20-17(12-26)23(27)31-24-21(20)22(28-29-24)19-6-3-11-32-19/h1-11,20H,13,27H2,(H,28,29)/t20-/m0/s1. The van der Waals surface area contributed by atoms with Crippen LogP contribution in [-0.4, -0.2) is 10.2 Å². The summed E-state index contributed by atoms with van der Waals surface area (Å²) in [5, 5.41) is 19.1. The van der Waals surface area contributed by atoms with E-state index in [1.807, 2.05) is 29.6 Å². The number of nitrogens with one attached hydrogen (secondary N) is 1. The minimum Gasteiger partial charge on any atom is -0.489 e. The summed E-state index contributed by atoms with van der Waals surface area (Å²) >= 11 is 1.56. The predicted molar refractivity (Wildman–Crippen MR) is 118 cm³/mol. The average Bonchev–Trinajstić information content (AvgIpc) is 3.48. The molecule has 1 aliphatic rings. The quantitative estimate of drug-likeness (QED) is 0.448. The van der Waals surface area contributed by atoms with Crippen LogP contribution in [0.3, 0.4) is 0 Å². The number of nitrogens with zero attached hydrogens (tertiary/aromatic N) is 2. The van der Waals surface area contributed by atoms with Crippen molar-refractivity contribution in [3.05, 3.63) is 100 Å². The van der Waals surface area contributed by atoms with E-state index in [2.05, 4.69) is 16.3 Å². The number of thiophene rings is 1. The Morgan fingerprint density at radius 1 is 1.16 bits per heavy atom. The van der Waals surface area contributed by atoms with Gasteiger partial charge in [0.25, 0.3) is 0 Å². The van der Waals surface area contributed by atoms with Crippen molar-refractivity contribution in [2.45, 2.75) is 12.5 Å². The number of fused-ring (bicyclic) bond motifs is 1. The fourth-order valence-electron chi connectivity index (χ4n) is 3.72. The highest BCUT2D eigenvalue weighted by Gasteiger charge is 2.35. The Bertz CT molecular complexity index is 1340. The summed E-state index contributed by atoms with van der Waals surface area (Å²) in [5.74, 6) is 0.230. The maximum absolute atomic E-state index is 13.8. The largest absolute Gasteiger partial charge is 0.489 e. The van der Waals surface area contributed by atoms with Gasteiger partial charge in [-0.15, -0.1) is 16.4 Å². The molecule has 0 radical (unpaired) electrons. The second-order valence-corrected chi connectivity index (χ2v) is 8.12. The summed E-state index contributed by atoms with van der Waals surface area (Å²) < 4.78 is 25.2. The van der Waals surface area contributed by atoms with Crippen molar-refractivity contribution in [1.82, 2.24) is 10.2 Å². The fraction of sp³-hybridized carbons (Fsp3) is 0.0833. The molecule has 0 aliphatic carbocycles. The Hall–Kier alpha value is -4.09. The van der Waals surface area contributed by atoms with Crippen LogP contribution in [0, 0.1) is 17.1 Å². The number of hydrogen-bond acceptors (Lipinski definition) is 6. The molecule has 4 aromatic rings. The fourth-order valence-corrected chi connectivity index (χ4v) is 4.45. The summed E-state index contributed by atoms with van der Waals surface area (Å²) in [6, 6.07) is 19.9. The van der Waals surface area contributed by atoms with E-state index in [0.717, 1.165) is 21.7 Å². The minimum absolute atomic E-state index is 0.0362. The normalized spacial score (nSPS) is 15.1. The maximum atomic E-state index is 13.8. The molecule has 2 aromatic carbocycles. The molecule has 0 saturated heterocycles. The summed E-state index contributed by atoms with van der Waals surface area (Å²) in [6.45, 7) is 0.119. The third-order valence-electron chi connectivity index (χ3n) is 5.27. The number of rotatable bonds is 5. The predicted octanol–water partition coefficient (Wildman–Crippen LogP) is 5.07. The van der Waals surface area contributed by atoms with Gasteiger partial charge in [-0.1, -0.05) is 36.4 Å². The Morgan fingerprint density at radius 2 is 1.97 bits per heavy atom. The first-order valence-corrected chi connectivity index (χ1v) is 10.7. The number of nitriles is 1. The molecule has 0 spiro atoms. The summed E-state index contributed by atoms with van der Waals surface area (Å²) in [7, 11) is 0. The van der Waals surface area contributed by atoms with Gasteiger partial charge in [-0.05, 0) is 35.2 Å². The summed E-state index contributed by atoms with van der Waals surface area (Å²) in [4.78, 5) is 0.981. The average molecular weight is 444 g/mol. The number of hydrogen-bond donors (Lipinski definition) is 2. The minimum atomic E-state index is -0.444. The third kappa shape index (κ3) is 3.49. The van der Waals surface area contributed by atoms with Crippen molar-refractivity contribution in [1.29, 1.82) is 5.26 Å². The number of allylic oxidation sites excluding steroid dienone is 1. The molecule has 0 saturated carbocycles. The lowest BCUT2D eigenvalue weighted by atomic mass is 9.84. The number of nitrogens with two attached hydrogens (primary N) is 1. The van der Waals surface area contributed by atoms with Crippen LogP contribution in [0.5, 0.6) is 11.6 Å². The molecule has 3 heterocycles. The van der Waals surface area contributed by atoms with Crippen molar-refractivity contribution in [3.8, 4) is 28.3 Å². The van der Waals surface area contributed by atoms with Crippen molar-refractivity contribution < 1.29 is 13.9 Å². The third-order valence-corrected chi connectivity index (χ3v) is 6.16. The molecule has 5 rings (SSSR count). The molecule has 0 unspecified atom stereocenters. The maximum Gasteiger partial charge on any atom is 0.244 e. The van der Waals surface area contributed by atoms with Crippen LogP contribution < -0.4 is 15.2 Å². The Labute approximate surface area is 187 Å². The molecule has 32 heavy (non-hydrogen) atoms. The monoisotopic (exact) mass is 444 g/mol. The molecule has 0 bridgehead atoms. The highest BCUT2D eigenvalue weighted by molar-refractivity contribution is 7.13. The molecule has 8 heteroatoms. The first-order valence-electron chi connectivity index (χ1n) is 9.81. The Kier molecular flexibility index (Phi) is 5.09. The molecular formula is C24H17FN4O2S. The molecule has 2 aromatic heterocycles. The number of H-pyrrole nitrogens is 1. The van der Waals surface area contributed by atoms with E-state index in [9.17, 15) is 9.65 Å². The van der Waals surface area contributed by atoms with Crippen LogP contribution in [-0.2, 0) is 6.61 Å². The van der Waals surface area contributed by atoms with E-state index in [4.69, 9.17) is 15.2 Å². The van der Waals surface area contributed by atoms with Crippen LogP contribution in [0.4, 0.5) is 4.39 Å². The van der Waals surface area contributed by atoms with E-state index in [0.29, 0.717) is 22.8 Å². The lowest BCUT2D eigenvalue weighted by molar-refractivity contribution is 0.300. The number of halogens is 1. The topological polar surface area (TPSA) is 97.0 Å². The van der Waals surface area contributed by atoms with Gasteiger partial charge in [0.2, 0.25) is 11.8 Å². The van der Waals surface area contributed by atoms with Gasteiger partial charge in [0.1, 0.15) is 29.8 Å². The van der Waals surface area contributed by atoms with E-state index >= 15 is 0 Å². The van der Waals surface area contributed by atoms with Gasteiger partial charge >= 0.3 is 0 Å². The Balaban J connectivity index is 1.48. The number of ether oxygens (including phenoxy) is 2. The lowest BCUT2D eigenvalue weighted by Gasteiger charge is -2.24. The van der Waals surface area contributed by atoms with Gasteiger partial charge in [0.05, 0.1) is 22.1 Å². The van der Waals surface area contributed by atoms with E-state index in [1.165, 1.54) is 6.07 Å². The SMILES string of the molecule is N#CC1=C(N)Oc2n[nH]c(-c3cccs3)c2[C@H]1c1ccc(OCc2ccccc2F)cc1. The first-order chi connectivity index (χ1) is 15.7. The number of aromatic amines is 1. The molecular weight excluding hydrogens is 427 g/mol. The van der Waals surface area contributed by atoms with Crippen LogP contribution >= 0.6 is 11.3 Å². The van der Waals surface area contributed by atoms with Gasteiger partial charge in [0, 0.05) is 5.56 Å². The molecule has 1 atom stereocenters. The zero-order valence-corrected chi connectivity index (χ0v) is 17.5. The van der Waals surface area contributed by atoms with Gasteiger partial charge in [0.15, 0.2) is 0 Å². The molecule has 158 valence electrons. The smallest absolute Gasteiger partial charge is 0.244 e. The highest BCUT2D eigenvalue weighted by atomic mass is 32.1. The zero-order valence-electron chi connectivity index (χ0n) is 16.7. The van der Waals surface area contributed by atoms with Gasteiger partial charge in [-0.2, -0.15) is 5.26 Å². The van der Waals surface area contributed by atoms with Crippen molar-refractivity contribution in [3.63, 3.8) is 0 Å². The number of aromatic nitrogens is 2. The zero-order chi connectivity index (χ0) is 22.1. The van der Waals surface area contributed by atoms with E-state index in [1.54, 1.807) is 41.7 Å². The Morgan fingerprint density at radius 3 is 2.69 bits per heavy atom. The number of benzene rings is 2. The van der Waals surface area contributed by atoms with Gasteiger partial charge in [-0.25, -0.2) is 4.39 Å². The lowest BCUT2D eigenvalue weighted by Crippen LogP contribution is -2.20. The van der Waals surface area contributed by atoms with Gasteiger partial charge in [-0.3, -0.25) is 5.10 Å². The van der Waals surface area contributed by atoms with Crippen LogP contribution in [0.1, 0.15) is 22.6 Å².